The van der Waals surface area contributed by atoms with Crippen LogP contribution in [0.15, 0.2) is 58.1 Å². The number of halogens is 1. The summed E-state index contributed by atoms with van der Waals surface area (Å²) in [5.41, 5.74) is 7.66. The molecule has 2 aromatic carbocycles. The molecule has 2 aliphatic rings. The molecule has 0 spiro atoms. The molecule has 11 nitrogen and oxygen atoms in total. The van der Waals surface area contributed by atoms with Gasteiger partial charge in [-0.05, 0) is 68.1 Å². The zero-order chi connectivity index (χ0) is 35.3. The van der Waals surface area contributed by atoms with Crippen molar-refractivity contribution in [1.29, 1.82) is 0 Å². The SMILES string of the molecule is COc1nc(-c2cccc(-c3cccc(Nc4nc(C)cc5c4c(=O)n(C)c(=O)n5C)c3C)c2Cl)cc2c1C(N1CC[C-](CN[C-]=O)C1)CC2.[Mn+2]. The van der Waals surface area contributed by atoms with Gasteiger partial charge < -0.3 is 25.1 Å². The number of carbonyl (C=O) groups excluding carboxylic acids is 1. The number of aromatic nitrogens is 4. The first kappa shape index (κ1) is 36.3. The molecule has 1 radical (unpaired) electrons. The molecule has 51 heavy (non-hydrogen) atoms. The molecule has 13 heteroatoms. The third kappa shape index (κ3) is 6.46. The Kier molecular flexibility index (Phi) is 10.4. The monoisotopic (exact) mass is 746 g/mol. The van der Waals surface area contributed by atoms with Crippen molar-refractivity contribution >= 4 is 40.4 Å². The van der Waals surface area contributed by atoms with Crippen molar-refractivity contribution in [2.24, 2.45) is 14.1 Å². The molecule has 4 heterocycles. The smallest absolute Gasteiger partial charge is 0.554 e. The van der Waals surface area contributed by atoms with Gasteiger partial charge >= 0.3 is 22.8 Å². The number of hydrogen-bond donors (Lipinski definition) is 2. The van der Waals surface area contributed by atoms with Crippen LogP contribution in [0.2, 0.25) is 5.02 Å². The van der Waals surface area contributed by atoms with Gasteiger partial charge in [0.25, 0.3) is 5.56 Å². The van der Waals surface area contributed by atoms with Crippen molar-refractivity contribution < 1.29 is 26.6 Å². The molecule has 0 saturated carbocycles. The summed E-state index contributed by atoms with van der Waals surface area (Å²) in [7, 11) is 4.78. The van der Waals surface area contributed by atoms with Gasteiger partial charge in [0.2, 0.25) is 5.88 Å². The molecule has 0 bridgehead atoms. The van der Waals surface area contributed by atoms with E-state index < -0.39 is 11.2 Å². The fourth-order valence-electron chi connectivity index (χ4n) is 7.49. The number of amides is 1. The number of ether oxygens (including phenoxy) is 1. The van der Waals surface area contributed by atoms with Crippen LogP contribution >= 0.6 is 11.6 Å². The maximum absolute atomic E-state index is 13.3. The van der Waals surface area contributed by atoms with Crippen LogP contribution in [0.3, 0.4) is 0 Å². The van der Waals surface area contributed by atoms with E-state index in [9.17, 15) is 14.4 Å². The normalized spacial score (nSPS) is 15.8. The molecule has 263 valence electrons. The van der Waals surface area contributed by atoms with Gasteiger partial charge in [0, 0.05) is 48.2 Å². The van der Waals surface area contributed by atoms with Crippen LogP contribution in [0.25, 0.3) is 33.3 Å². The Bertz CT molecular complexity index is 2290. The summed E-state index contributed by atoms with van der Waals surface area (Å²) in [6.07, 6.45) is 4.60. The summed E-state index contributed by atoms with van der Waals surface area (Å²) in [5.74, 6) is 2.28. The van der Waals surface area contributed by atoms with Crippen LogP contribution in [0.5, 0.6) is 5.88 Å². The van der Waals surface area contributed by atoms with Gasteiger partial charge in [0.05, 0.1) is 23.3 Å². The maximum Gasteiger partial charge on any atom is 2.00 e. The summed E-state index contributed by atoms with van der Waals surface area (Å²) in [6.45, 7) is 6.15. The van der Waals surface area contributed by atoms with Crippen LogP contribution < -0.4 is 26.6 Å². The molecule has 5 aromatic rings. The number of hydrogen-bond acceptors (Lipinski definition) is 8. The zero-order valence-electron chi connectivity index (χ0n) is 29.1. The van der Waals surface area contributed by atoms with Crippen LogP contribution in [0.4, 0.5) is 11.5 Å². The second-order valence-corrected chi connectivity index (χ2v) is 13.4. The standard InChI is InChI=1S/C38H38ClN7O4.Mn/c1-21-16-31-33(37(48)45(4)38(49)44(31)3)35(41-21)42-28-11-7-8-25(22(28)2)26-9-6-10-27(34(26)39)29-17-24-12-13-30(32(24)36(43-29)50-5)46-15-14-23(19-46)18-40-20-47;/h6-11,16-17,30H,12-15,18-19H2,1-5H3,(H,40,47)(H,41,42);/q-2;+2. The van der Waals surface area contributed by atoms with Crippen molar-refractivity contribution in [2.45, 2.75) is 39.2 Å². The Balaban J connectivity index is 0.00000448. The number of nitrogens with zero attached hydrogens (tertiary/aromatic N) is 5. The van der Waals surface area contributed by atoms with E-state index in [0.717, 1.165) is 76.1 Å². The van der Waals surface area contributed by atoms with E-state index in [1.165, 1.54) is 23.1 Å². The molecular formula is C38H38ClMnN7O4. The van der Waals surface area contributed by atoms with Gasteiger partial charge in [-0.3, -0.25) is 19.8 Å². The minimum atomic E-state index is -0.416. The minimum absolute atomic E-state index is 0. The third-order valence-corrected chi connectivity index (χ3v) is 10.5. The van der Waals surface area contributed by atoms with E-state index in [1.807, 2.05) is 50.2 Å². The van der Waals surface area contributed by atoms with Crippen LogP contribution in [0, 0.1) is 19.8 Å². The number of pyridine rings is 2. The molecule has 1 aliphatic heterocycles. The summed E-state index contributed by atoms with van der Waals surface area (Å²) >= 11 is 7.23. The number of likely N-dealkylation sites (tertiary alicyclic amines) is 1. The molecular weight excluding hydrogens is 709 g/mol. The minimum Gasteiger partial charge on any atom is -0.554 e. The molecule has 2 N–H and O–H groups in total. The van der Waals surface area contributed by atoms with Crippen molar-refractivity contribution in [3.63, 3.8) is 0 Å². The number of rotatable bonds is 9. The van der Waals surface area contributed by atoms with Gasteiger partial charge in [0.1, 0.15) is 11.2 Å². The van der Waals surface area contributed by atoms with Crippen LogP contribution in [-0.2, 0) is 42.4 Å². The third-order valence-electron chi connectivity index (χ3n) is 10.1. The number of nitrogens with one attached hydrogen (secondary N) is 2. The van der Waals surface area contributed by atoms with Crippen molar-refractivity contribution in [1.82, 2.24) is 29.3 Å². The number of methoxy groups -OCH3 is 1. The average Bonchev–Trinajstić information content (AvgIpc) is 3.76. The average molecular weight is 747 g/mol. The molecule has 1 fully saturated rings. The predicted molar refractivity (Wildman–Crippen MR) is 196 cm³/mol. The first-order chi connectivity index (χ1) is 24.1. The van der Waals surface area contributed by atoms with Gasteiger partial charge in [-0.2, -0.15) is 12.8 Å². The first-order valence-corrected chi connectivity index (χ1v) is 17.0. The quantitative estimate of drug-likeness (QED) is 0.118. The fraction of sp³-hybridized carbons (Fsp3) is 0.316. The van der Waals surface area contributed by atoms with E-state index in [0.29, 0.717) is 39.9 Å². The molecule has 7 rings (SSSR count). The molecule has 3 aromatic heterocycles. The Labute approximate surface area is 311 Å². The fourth-order valence-corrected chi connectivity index (χ4v) is 7.82. The van der Waals surface area contributed by atoms with E-state index in [2.05, 4.69) is 26.6 Å². The Morgan fingerprint density at radius 1 is 1.04 bits per heavy atom. The molecule has 1 atom stereocenters. The van der Waals surface area contributed by atoms with Crippen LogP contribution in [0.1, 0.15) is 41.3 Å². The molecule has 1 amide bonds. The maximum atomic E-state index is 13.3. The second-order valence-electron chi connectivity index (χ2n) is 13.1. The van der Waals surface area contributed by atoms with E-state index in [1.54, 1.807) is 26.6 Å². The Morgan fingerprint density at radius 2 is 1.78 bits per heavy atom. The molecule has 1 aliphatic carbocycles. The van der Waals surface area contributed by atoms with Gasteiger partial charge in [0.15, 0.2) is 0 Å². The number of anilines is 2. The van der Waals surface area contributed by atoms with E-state index in [-0.39, 0.29) is 23.1 Å². The largest absolute Gasteiger partial charge is 2.00 e. The van der Waals surface area contributed by atoms with Crippen molar-refractivity contribution in [3.8, 4) is 28.3 Å². The van der Waals surface area contributed by atoms with Crippen molar-refractivity contribution in [2.75, 3.05) is 32.1 Å². The summed E-state index contributed by atoms with van der Waals surface area (Å²) < 4.78 is 8.46. The van der Waals surface area contributed by atoms with Gasteiger partial charge in [-0.25, -0.2) is 14.8 Å². The predicted octanol–water partition coefficient (Wildman–Crippen LogP) is 5.31. The first-order valence-electron chi connectivity index (χ1n) is 16.6. The zero-order valence-corrected chi connectivity index (χ0v) is 31.0. The summed E-state index contributed by atoms with van der Waals surface area (Å²) in [5, 5.41) is 6.97. The molecule has 1 unspecified atom stereocenters. The Hall–Kier alpha value is -4.48. The second kappa shape index (κ2) is 14.6. The summed E-state index contributed by atoms with van der Waals surface area (Å²) in [6, 6.07) is 15.9. The van der Waals surface area contributed by atoms with Crippen LogP contribution in [-0.4, -0.2) is 57.2 Å². The van der Waals surface area contributed by atoms with Crippen molar-refractivity contribution in [3.05, 3.63) is 103 Å². The van der Waals surface area contributed by atoms with Gasteiger partial charge in [-0.15, -0.1) is 13.1 Å². The van der Waals surface area contributed by atoms with E-state index in [4.69, 9.17) is 21.3 Å². The number of fused-ring (bicyclic) bond motifs is 2. The van der Waals surface area contributed by atoms with Gasteiger partial charge in [-0.1, -0.05) is 41.9 Å². The van der Waals surface area contributed by atoms with E-state index >= 15 is 0 Å². The number of benzene rings is 2. The number of aryl methyl sites for hydroxylation is 3. The molecule has 1 saturated heterocycles. The Morgan fingerprint density at radius 3 is 2.55 bits per heavy atom. The summed E-state index contributed by atoms with van der Waals surface area (Å²) in [4.78, 5) is 48.7. The topological polar surface area (TPSA) is 123 Å².